The smallest absolute Gasteiger partial charge is 0.406 e. The van der Waals surface area contributed by atoms with Crippen LogP contribution in [-0.4, -0.2) is 31.0 Å². The van der Waals surface area contributed by atoms with E-state index in [0.29, 0.717) is 18.4 Å². The third-order valence-electron chi connectivity index (χ3n) is 3.98. The van der Waals surface area contributed by atoms with Crippen LogP contribution in [0, 0.1) is 11.6 Å². The molecule has 0 saturated carbocycles. The number of alkyl halides is 5. The molecule has 0 spiro atoms. The van der Waals surface area contributed by atoms with Crippen LogP contribution in [0.5, 0.6) is 5.75 Å². The van der Waals surface area contributed by atoms with Crippen LogP contribution in [0.4, 0.5) is 30.7 Å². The summed E-state index contributed by atoms with van der Waals surface area (Å²) in [5, 5.41) is 0. The third-order valence-corrected chi connectivity index (χ3v) is 5.09. The van der Waals surface area contributed by atoms with Crippen LogP contribution in [0.3, 0.4) is 0 Å². The fourth-order valence-corrected chi connectivity index (χ4v) is 3.45. The molecular weight excluding hydrogens is 457 g/mol. The van der Waals surface area contributed by atoms with Crippen molar-refractivity contribution in [3.63, 3.8) is 0 Å². The number of benzene rings is 2. The molecule has 3 rings (SSSR count). The molecule has 0 aliphatic carbocycles. The number of nitrogens with one attached hydrogen (secondary N) is 1. The summed E-state index contributed by atoms with van der Waals surface area (Å²) in [7, 11) is -4.11. The van der Waals surface area contributed by atoms with Crippen molar-refractivity contribution in [2.75, 3.05) is 6.26 Å². The zero-order chi connectivity index (χ0) is 23.1. The zero-order valence-electron chi connectivity index (χ0n) is 15.3. The van der Waals surface area contributed by atoms with Crippen molar-refractivity contribution in [2.45, 2.75) is 17.7 Å². The molecule has 0 radical (unpaired) electrons. The average Bonchev–Trinajstić information content (AvgIpc) is 3.07. The Bertz CT molecular complexity index is 1220. The number of sulfone groups is 1. The molecule has 0 saturated heterocycles. The molecule has 0 aliphatic heterocycles. The number of nitrogens with zero attached hydrogens (tertiary/aromatic N) is 1. The number of hydrogen-bond acceptors (Lipinski definition) is 4. The van der Waals surface area contributed by atoms with Crippen LogP contribution < -0.4 is 4.74 Å². The number of hydrogen-bond donors (Lipinski definition) is 1. The van der Waals surface area contributed by atoms with Crippen molar-refractivity contribution < 1.29 is 43.9 Å². The molecule has 1 aromatic heterocycles. The molecule has 166 valence electrons. The van der Waals surface area contributed by atoms with Crippen molar-refractivity contribution in [1.82, 2.24) is 9.97 Å². The van der Waals surface area contributed by atoms with E-state index >= 15 is 0 Å². The maximum atomic E-state index is 14.6. The highest BCUT2D eigenvalue weighted by Gasteiger charge is 2.31. The minimum Gasteiger partial charge on any atom is -0.406 e. The Labute approximate surface area is 170 Å². The highest BCUT2D eigenvalue weighted by molar-refractivity contribution is 7.90. The standard InChI is InChI=1S/C18H11F7N2O3S/c1-31(28,29)13-7-11(19)10(6-12(13)20)15-14(26-17(27-15)16(21)22)8-2-4-9(5-3-8)30-18(23,24)25/h2-7,16H,1H3,(H,26,27). The van der Waals surface area contributed by atoms with Crippen LogP contribution >= 0.6 is 0 Å². The summed E-state index contributed by atoms with van der Waals surface area (Å²) < 4.78 is 119. The first-order valence-corrected chi connectivity index (χ1v) is 10.1. The minimum absolute atomic E-state index is 0.0142. The molecule has 1 N–H and O–H groups in total. The van der Waals surface area contributed by atoms with Gasteiger partial charge in [0.25, 0.3) is 6.43 Å². The molecule has 3 aromatic rings. The van der Waals surface area contributed by atoms with Crippen LogP contribution in [0.2, 0.25) is 0 Å². The van der Waals surface area contributed by atoms with E-state index in [9.17, 15) is 39.2 Å². The molecule has 31 heavy (non-hydrogen) atoms. The molecule has 0 amide bonds. The lowest BCUT2D eigenvalue weighted by Gasteiger charge is -2.10. The summed E-state index contributed by atoms with van der Waals surface area (Å²) >= 11 is 0. The summed E-state index contributed by atoms with van der Waals surface area (Å²) in [6, 6.07) is 4.76. The molecule has 13 heteroatoms. The molecule has 0 fully saturated rings. The van der Waals surface area contributed by atoms with Crippen LogP contribution in [0.25, 0.3) is 22.5 Å². The number of aromatic amines is 1. The molecule has 1 heterocycles. The van der Waals surface area contributed by atoms with E-state index in [1.165, 1.54) is 0 Å². The van der Waals surface area contributed by atoms with Gasteiger partial charge in [-0.25, -0.2) is 31.0 Å². The van der Waals surface area contributed by atoms with Gasteiger partial charge >= 0.3 is 6.36 Å². The van der Waals surface area contributed by atoms with Crippen molar-refractivity contribution in [3.8, 4) is 28.3 Å². The van der Waals surface area contributed by atoms with E-state index in [2.05, 4.69) is 14.7 Å². The second-order valence-corrected chi connectivity index (χ2v) is 8.24. The summed E-state index contributed by atoms with van der Waals surface area (Å²) in [5.41, 5.74) is -1.36. The van der Waals surface area contributed by atoms with Gasteiger partial charge in [-0.2, -0.15) is 0 Å². The average molecular weight is 468 g/mol. The van der Waals surface area contributed by atoms with Crippen molar-refractivity contribution in [3.05, 3.63) is 53.9 Å². The number of ether oxygens (including phenoxy) is 1. The summed E-state index contributed by atoms with van der Waals surface area (Å²) in [5.74, 6) is -4.08. The van der Waals surface area contributed by atoms with Crippen LogP contribution in [-0.2, 0) is 9.84 Å². The van der Waals surface area contributed by atoms with Gasteiger partial charge < -0.3 is 9.72 Å². The van der Waals surface area contributed by atoms with Gasteiger partial charge in [0.2, 0.25) is 0 Å². The van der Waals surface area contributed by atoms with Gasteiger partial charge in [0, 0.05) is 17.4 Å². The Morgan fingerprint density at radius 1 is 1.03 bits per heavy atom. The number of imidazole rings is 1. The molecule has 0 atom stereocenters. The minimum atomic E-state index is -4.95. The monoisotopic (exact) mass is 468 g/mol. The fraction of sp³-hybridized carbons (Fsp3) is 0.167. The maximum Gasteiger partial charge on any atom is 0.573 e. The zero-order valence-corrected chi connectivity index (χ0v) is 16.1. The lowest BCUT2D eigenvalue weighted by atomic mass is 10.0. The predicted molar refractivity (Wildman–Crippen MR) is 94.1 cm³/mol. The van der Waals surface area contributed by atoms with Crippen LogP contribution in [0.15, 0.2) is 41.3 Å². The first-order valence-electron chi connectivity index (χ1n) is 8.20. The highest BCUT2D eigenvalue weighted by Crippen LogP contribution is 2.36. The van der Waals surface area contributed by atoms with Gasteiger partial charge in [-0.05, 0) is 36.4 Å². The molecule has 0 bridgehead atoms. The molecule has 2 aromatic carbocycles. The third kappa shape index (κ3) is 4.98. The van der Waals surface area contributed by atoms with Gasteiger partial charge in [0.15, 0.2) is 15.7 Å². The molecule has 0 unspecified atom stereocenters. The SMILES string of the molecule is CS(=O)(=O)c1cc(F)c(-c2[nH]c(C(F)F)nc2-c2ccc(OC(F)(F)F)cc2)cc1F. The lowest BCUT2D eigenvalue weighted by Crippen LogP contribution is -2.16. The Balaban J connectivity index is 2.14. The van der Waals surface area contributed by atoms with Gasteiger partial charge in [-0.3, -0.25) is 0 Å². The van der Waals surface area contributed by atoms with Crippen molar-refractivity contribution in [2.24, 2.45) is 0 Å². The maximum absolute atomic E-state index is 14.6. The number of aromatic nitrogens is 2. The molecule has 5 nitrogen and oxygen atoms in total. The van der Waals surface area contributed by atoms with E-state index in [1.54, 1.807) is 0 Å². The fourth-order valence-electron chi connectivity index (χ4n) is 2.72. The summed E-state index contributed by atoms with van der Waals surface area (Å²) in [4.78, 5) is 4.84. The number of H-pyrrole nitrogens is 1. The summed E-state index contributed by atoms with van der Waals surface area (Å²) in [6.07, 6.45) is -7.43. The Morgan fingerprint density at radius 3 is 2.16 bits per heavy atom. The first-order chi connectivity index (χ1) is 14.3. The van der Waals surface area contributed by atoms with E-state index in [1.807, 2.05) is 0 Å². The quantitative estimate of drug-likeness (QED) is 0.519. The Kier molecular flexibility index (Phi) is 5.74. The normalized spacial score (nSPS) is 12.4. The first kappa shape index (κ1) is 22.6. The lowest BCUT2D eigenvalue weighted by molar-refractivity contribution is -0.274. The van der Waals surface area contributed by atoms with Crippen molar-refractivity contribution >= 4 is 9.84 Å². The number of halogens is 7. The van der Waals surface area contributed by atoms with Crippen LogP contribution in [0.1, 0.15) is 12.2 Å². The second kappa shape index (κ2) is 7.87. The van der Waals surface area contributed by atoms with Crippen molar-refractivity contribution in [1.29, 1.82) is 0 Å². The second-order valence-electron chi connectivity index (χ2n) is 6.25. The van der Waals surface area contributed by atoms with E-state index in [4.69, 9.17) is 0 Å². The number of rotatable bonds is 5. The molecular formula is C18H11F7N2O3S. The van der Waals surface area contributed by atoms with Gasteiger partial charge in [0.1, 0.15) is 22.3 Å². The predicted octanol–water partition coefficient (Wildman–Crippen LogP) is 5.26. The van der Waals surface area contributed by atoms with Gasteiger partial charge in [0.05, 0.1) is 11.4 Å². The van der Waals surface area contributed by atoms with E-state index in [-0.39, 0.29) is 11.3 Å². The Hall–Kier alpha value is -3.09. The van der Waals surface area contributed by atoms with Gasteiger partial charge in [-0.15, -0.1) is 13.2 Å². The van der Waals surface area contributed by atoms with E-state index < -0.39 is 62.0 Å². The Morgan fingerprint density at radius 2 is 1.65 bits per heavy atom. The largest absolute Gasteiger partial charge is 0.573 e. The van der Waals surface area contributed by atoms with E-state index in [0.717, 1.165) is 24.3 Å². The van der Waals surface area contributed by atoms with Gasteiger partial charge in [-0.1, -0.05) is 0 Å². The molecule has 0 aliphatic rings. The topological polar surface area (TPSA) is 72.0 Å². The summed E-state index contributed by atoms with van der Waals surface area (Å²) in [6.45, 7) is 0. The highest BCUT2D eigenvalue weighted by atomic mass is 32.2.